The predicted octanol–water partition coefficient (Wildman–Crippen LogP) is 1.11. The Morgan fingerprint density at radius 1 is 1.48 bits per heavy atom. The maximum Gasteiger partial charge on any atom is 0.240 e. The lowest BCUT2D eigenvalue weighted by Crippen LogP contribution is -2.41. The summed E-state index contributed by atoms with van der Waals surface area (Å²) in [6.07, 6.45) is 3.39. The van der Waals surface area contributed by atoms with E-state index in [9.17, 15) is 4.79 Å². The SMILES string of the molecule is CC(C)(C)c1cc(NC(=O)CN[C@H]2CCc3ncnn3C2)on1. The second kappa shape index (κ2) is 6.11. The first-order valence-electron chi connectivity index (χ1n) is 7.79. The summed E-state index contributed by atoms with van der Waals surface area (Å²) in [6, 6.07) is 1.98. The van der Waals surface area contributed by atoms with Crippen LogP contribution in [0.15, 0.2) is 16.9 Å². The zero-order chi connectivity index (χ0) is 16.4. The van der Waals surface area contributed by atoms with Crippen molar-refractivity contribution in [2.45, 2.75) is 51.6 Å². The fraction of sp³-hybridized carbons (Fsp3) is 0.600. The number of aromatic nitrogens is 4. The summed E-state index contributed by atoms with van der Waals surface area (Å²) in [5.41, 5.74) is 0.703. The Morgan fingerprint density at radius 3 is 3.04 bits per heavy atom. The number of amides is 1. The lowest BCUT2D eigenvalue weighted by Gasteiger charge is -2.23. The monoisotopic (exact) mass is 318 g/mol. The molecule has 2 N–H and O–H groups in total. The van der Waals surface area contributed by atoms with E-state index in [0.29, 0.717) is 5.88 Å². The van der Waals surface area contributed by atoms with Crippen molar-refractivity contribution in [1.82, 2.24) is 25.2 Å². The molecule has 1 aliphatic rings. The van der Waals surface area contributed by atoms with Gasteiger partial charge in [0.1, 0.15) is 12.2 Å². The van der Waals surface area contributed by atoms with Crippen LogP contribution >= 0.6 is 0 Å². The molecule has 0 aliphatic carbocycles. The number of nitrogens with one attached hydrogen (secondary N) is 2. The molecular weight excluding hydrogens is 296 g/mol. The van der Waals surface area contributed by atoms with Crippen molar-refractivity contribution in [3.63, 3.8) is 0 Å². The Hall–Kier alpha value is -2.22. The number of rotatable bonds is 4. The molecule has 23 heavy (non-hydrogen) atoms. The third kappa shape index (κ3) is 3.76. The van der Waals surface area contributed by atoms with Crippen LogP contribution in [0.4, 0.5) is 5.88 Å². The number of anilines is 1. The number of nitrogens with zero attached hydrogens (tertiary/aromatic N) is 4. The highest BCUT2D eigenvalue weighted by atomic mass is 16.5. The Morgan fingerprint density at radius 2 is 2.30 bits per heavy atom. The largest absolute Gasteiger partial charge is 0.338 e. The van der Waals surface area contributed by atoms with Crippen LogP contribution in [0.25, 0.3) is 0 Å². The molecule has 0 saturated carbocycles. The molecule has 0 unspecified atom stereocenters. The van der Waals surface area contributed by atoms with Crippen molar-refractivity contribution in [3.05, 3.63) is 23.9 Å². The predicted molar refractivity (Wildman–Crippen MR) is 84.0 cm³/mol. The molecule has 0 fully saturated rings. The van der Waals surface area contributed by atoms with Crippen molar-refractivity contribution in [2.75, 3.05) is 11.9 Å². The van der Waals surface area contributed by atoms with Crippen LogP contribution in [-0.4, -0.2) is 38.4 Å². The van der Waals surface area contributed by atoms with Gasteiger partial charge in [-0.15, -0.1) is 0 Å². The highest BCUT2D eigenvalue weighted by Gasteiger charge is 2.21. The molecular formula is C15H22N6O2. The first kappa shape index (κ1) is 15.7. The molecule has 0 spiro atoms. The summed E-state index contributed by atoms with van der Waals surface area (Å²) < 4.78 is 7.04. The van der Waals surface area contributed by atoms with Gasteiger partial charge in [0, 0.05) is 23.9 Å². The zero-order valence-electron chi connectivity index (χ0n) is 13.7. The second-order valence-electron chi connectivity index (χ2n) is 6.85. The van der Waals surface area contributed by atoms with Crippen molar-refractivity contribution < 1.29 is 9.32 Å². The number of fused-ring (bicyclic) bond motifs is 1. The standard InChI is InChI=1S/C15H22N6O2/c1-15(2,3)11-6-14(23-20-11)19-13(22)7-16-10-4-5-12-17-9-18-21(12)8-10/h6,9-10,16H,4-5,7-8H2,1-3H3,(H,19,22)/t10-/m0/s1. The number of aryl methyl sites for hydroxylation is 1. The maximum absolute atomic E-state index is 12.0. The van der Waals surface area contributed by atoms with E-state index in [1.54, 1.807) is 12.4 Å². The average Bonchev–Trinajstić information content (AvgIpc) is 3.12. The van der Waals surface area contributed by atoms with E-state index in [1.165, 1.54) is 0 Å². The first-order valence-corrected chi connectivity index (χ1v) is 7.79. The fourth-order valence-electron chi connectivity index (χ4n) is 2.51. The third-order valence-electron chi connectivity index (χ3n) is 3.90. The first-order chi connectivity index (χ1) is 10.9. The highest BCUT2D eigenvalue weighted by Crippen LogP contribution is 2.23. The fourth-order valence-corrected chi connectivity index (χ4v) is 2.51. The van der Waals surface area contributed by atoms with Gasteiger partial charge in [0.15, 0.2) is 0 Å². The smallest absolute Gasteiger partial charge is 0.240 e. The van der Waals surface area contributed by atoms with E-state index in [2.05, 4.69) is 25.9 Å². The van der Waals surface area contributed by atoms with E-state index >= 15 is 0 Å². The van der Waals surface area contributed by atoms with Crippen LogP contribution in [0.2, 0.25) is 0 Å². The topological polar surface area (TPSA) is 97.9 Å². The summed E-state index contributed by atoms with van der Waals surface area (Å²) >= 11 is 0. The van der Waals surface area contributed by atoms with Crippen molar-refractivity contribution in [3.8, 4) is 0 Å². The Bertz CT molecular complexity index is 684. The Labute approximate surface area is 134 Å². The van der Waals surface area contributed by atoms with Crippen molar-refractivity contribution in [1.29, 1.82) is 0 Å². The lowest BCUT2D eigenvalue weighted by atomic mass is 9.92. The number of hydrogen-bond donors (Lipinski definition) is 2. The minimum absolute atomic E-state index is 0.109. The zero-order valence-corrected chi connectivity index (χ0v) is 13.7. The van der Waals surface area contributed by atoms with Gasteiger partial charge in [-0.25, -0.2) is 9.67 Å². The summed E-state index contributed by atoms with van der Waals surface area (Å²) in [5.74, 6) is 1.23. The maximum atomic E-state index is 12.0. The Balaban J connectivity index is 1.48. The van der Waals surface area contributed by atoms with E-state index < -0.39 is 0 Å². The molecule has 1 atom stereocenters. The summed E-state index contributed by atoms with van der Waals surface area (Å²) in [6.45, 7) is 7.08. The number of hydrogen-bond acceptors (Lipinski definition) is 6. The van der Waals surface area contributed by atoms with Gasteiger partial charge in [0.2, 0.25) is 11.8 Å². The van der Waals surface area contributed by atoms with Gasteiger partial charge in [-0.05, 0) is 6.42 Å². The molecule has 8 nitrogen and oxygen atoms in total. The molecule has 3 rings (SSSR count). The van der Waals surface area contributed by atoms with Crippen LogP contribution in [0, 0.1) is 0 Å². The molecule has 2 aromatic rings. The minimum Gasteiger partial charge on any atom is -0.338 e. The molecule has 124 valence electrons. The van der Waals surface area contributed by atoms with Crippen LogP contribution in [0.3, 0.4) is 0 Å². The van der Waals surface area contributed by atoms with Gasteiger partial charge in [0.05, 0.1) is 18.8 Å². The van der Waals surface area contributed by atoms with E-state index in [-0.39, 0.29) is 23.9 Å². The van der Waals surface area contributed by atoms with E-state index in [1.807, 2.05) is 25.5 Å². The van der Waals surface area contributed by atoms with Crippen molar-refractivity contribution in [2.24, 2.45) is 0 Å². The summed E-state index contributed by atoms with van der Waals surface area (Å²) in [5, 5.41) is 14.1. The number of carbonyl (C=O) groups excluding carboxylic acids is 1. The molecule has 8 heteroatoms. The molecule has 0 bridgehead atoms. The van der Waals surface area contributed by atoms with Gasteiger partial charge in [-0.3, -0.25) is 10.1 Å². The minimum atomic E-state index is -0.147. The summed E-state index contributed by atoms with van der Waals surface area (Å²) in [7, 11) is 0. The average molecular weight is 318 g/mol. The molecule has 0 aromatic carbocycles. The van der Waals surface area contributed by atoms with Crippen LogP contribution in [-0.2, 0) is 23.2 Å². The summed E-state index contributed by atoms with van der Waals surface area (Å²) in [4.78, 5) is 16.2. The van der Waals surface area contributed by atoms with Gasteiger partial charge < -0.3 is 9.84 Å². The molecule has 0 radical (unpaired) electrons. The molecule has 1 aliphatic heterocycles. The normalized spacial score (nSPS) is 17.8. The van der Waals surface area contributed by atoms with Crippen LogP contribution in [0.1, 0.15) is 38.7 Å². The van der Waals surface area contributed by atoms with Gasteiger partial charge >= 0.3 is 0 Å². The van der Waals surface area contributed by atoms with Gasteiger partial charge in [-0.1, -0.05) is 25.9 Å². The third-order valence-corrected chi connectivity index (χ3v) is 3.90. The van der Waals surface area contributed by atoms with Crippen LogP contribution < -0.4 is 10.6 Å². The Kier molecular flexibility index (Phi) is 4.16. The molecule has 3 heterocycles. The van der Waals surface area contributed by atoms with Gasteiger partial charge in [0.25, 0.3) is 0 Å². The molecule has 1 amide bonds. The van der Waals surface area contributed by atoms with Crippen LogP contribution in [0.5, 0.6) is 0 Å². The van der Waals surface area contributed by atoms with E-state index in [4.69, 9.17) is 4.52 Å². The molecule has 2 aromatic heterocycles. The van der Waals surface area contributed by atoms with Gasteiger partial charge in [-0.2, -0.15) is 5.10 Å². The van der Waals surface area contributed by atoms with Crippen molar-refractivity contribution >= 4 is 11.8 Å². The lowest BCUT2D eigenvalue weighted by molar-refractivity contribution is -0.115. The number of carbonyl (C=O) groups is 1. The molecule has 0 saturated heterocycles. The quantitative estimate of drug-likeness (QED) is 0.876. The second-order valence-corrected chi connectivity index (χ2v) is 6.85. The highest BCUT2D eigenvalue weighted by molar-refractivity contribution is 5.91. The van der Waals surface area contributed by atoms with E-state index in [0.717, 1.165) is 30.9 Å².